The van der Waals surface area contributed by atoms with E-state index in [0.717, 1.165) is 16.8 Å². The molecular formula is C24H23ClN2O4. The van der Waals surface area contributed by atoms with Crippen molar-refractivity contribution in [3.05, 3.63) is 104 Å². The number of halogens is 1. The zero-order valence-electron chi connectivity index (χ0n) is 17.5. The third kappa shape index (κ3) is 5.03. The lowest BCUT2D eigenvalue weighted by atomic mass is 10.1. The minimum atomic E-state index is -1.02. The van der Waals surface area contributed by atoms with Crippen molar-refractivity contribution in [1.29, 1.82) is 0 Å². The second-order valence-electron chi connectivity index (χ2n) is 7.18. The third-order valence-electron chi connectivity index (χ3n) is 5.16. The molecule has 1 aromatic heterocycles. The number of carbonyl (C=O) groups excluding carboxylic acids is 2. The predicted octanol–water partition coefficient (Wildman–Crippen LogP) is 3.81. The van der Waals surface area contributed by atoms with Crippen LogP contribution in [0.1, 0.15) is 38.8 Å². The monoisotopic (exact) mass is 438 g/mol. The molecule has 31 heavy (non-hydrogen) atoms. The summed E-state index contributed by atoms with van der Waals surface area (Å²) in [4.78, 5) is 38.5. The van der Waals surface area contributed by atoms with E-state index in [2.05, 4.69) is 5.32 Å². The van der Waals surface area contributed by atoms with Crippen molar-refractivity contribution in [2.45, 2.75) is 26.4 Å². The molecule has 3 aromatic rings. The number of ether oxygens (including phenoxy) is 1. The number of nitrogens with one attached hydrogen (secondary N) is 1. The van der Waals surface area contributed by atoms with Crippen molar-refractivity contribution in [2.75, 3.05) is 7.11 Å². The molecule has 0 radical (unpaired) electrons. The van der Waals surface area contributed by atoms with Gasteiger partial charge in [-0.1, -0.05) is 54.1 Å². The summed E-state index contributed by atoms with van der Waals surface area (Å²) in [5.74, 6) is -1.26. The van der Waals surface area contributed by atoms with Crippen molar-refractivity contribution < 1.29 is 14.3 Å². The summed E-state index contributed by atoms with van der Waals surface area (Å²) in [5.41, 5.74) is 2.50. The van der Waals surface area contributed by atoms with Crippen LogP contribution >= 0.6 is 11.6 Å². The molecule has 2 aromatic carbocycles. The van der Waals surface area contributed by atoms with E-state index in [9.17, 15) is 14.4 Å². The highest BCUT2D eigenvalue weighted by Crippen LogP contribution is 2.16. The van der Waals surface area contributed by atoms with Gasteiger partial charge in [0, 0.05) is 10.7 Å². The Hall–Kier alpha value is -3.38. The van der Waals surface area contributed by atoms with E-state index >= 15 is 0 Å². The maximum Gasteiger partial charge on any atom is 0.333 e. The van der Waals surface area contributed by atoms with Crippen LogP contribution in [0.5, 0.6) is 0 Å². The molecular weight excluding hydrogens is 416 g/mol. The number of aryl methyl sites for hydroxylation is 1. The van der Waals surface area contributed by atoms with E-state index in [0.29, 0.717) is 17.1 Å². The topological polar surface area (TPSA) is 77.4 Å². The van der Waals surface area contributed by atoms with Crippen LogP contribution in [-0.2, 0) is 16.1 Å². The molecule has 3 rings (SSSR count). The second-order valence-corrected chi connectivity index (χ2v) is 7.62. The van der Waals surface area contributed by atoms with Gasteiger partial charge in [-0.05, 0) is 48.7 Å². The lowest BCUT2D eigenvalue weighted by Crippen LogP contribution is -2.39. The highest BCUT2D eigenvalue weighted by molar-refractivity contribution is 6.30. The Bertz CT molecular complexity index is 1150. The standard InChI is InChI=1S/C24H23ClN2O4/c1-15-13-20(22(28)26-21(24(30)31-3)18-7-5-4-6-8-18)23(29)27(16(15)2)14-17-9-11-19(25)12-10-17/h4-13,21H,14H2,1-3H3,(H,26,28). The number of hydrogen-bond donors (Lipinski definition) is 1. The van der Waals surface area contributed by atoms with Crippen LogP contribution in [-0.4, -0.2) is 23.6 Å². The molecule has 6 nitrogen and oxygen atoms in total. The molecule has 1 amide bonds. The van der Waals surface area contributed by atoms with Crippen molar-refractivity contribution in [2.24, 2.45) is 0 Å². The van der Waals surface area contributed by atoms with Gasteiger partial charge in [0.25, 0.3) is 11.5 Å². The molecule has 0 aliphatic rings. The SMILES string of the molecule is COC(=O)C(NC(=O)c1cc(C)c(C)n(Cc2ccc(Cl)cc2)c1=O)c1ccccc1. The molecule has 0 spiro atoms. The zero-order valence-corrected chi connectivity index (χ0v) is 18.3. The number of methoxy groups -OCH3 is 1. The molecule has 1 N–H and O–H groups in total. The maximum absolute atomic E-state index is 13.2. The van der Waals surface area contributed by atoms with Crippen molar-refractivity contribution in [3.63, 3.8) is 0 Å². The second kappa shape index (κ2) is 9.62. The Balaban J connectivity index is 1.97. The van der Waals surface area contributed by atoms with Crippen LogP contribution in [0.2, 0.25) is 5.02 Å². The van der Waals surface area contributed by atoms with Crippen LogP contribution in [0.3, 0.4) is 0 Å². The molecule has 0 bridgehead atoms. The fourth-order valence-corrected chi connectivity index (χ4v) is 3.40. The molecule has 0 saturated heterocycles. The van der Waals surface area contributed by atoms with Gasteiger partial charge < -0.3 is 14.6 Å². The summed E-state index contributed by atoms with van der Waals surface area (Å²) in [6, 6.07) is 16.4. The van der Waals surface area contributed by atoms with Gasteiger partial charge in [0.15, 0.2) is 6.04 Å². The van der Waals surface area contributed by atoms with Gasteiger partial charge >= 0.3 is 5.97 Å². The maximum atomic E-state index is 13.2. The Kier molecular flexibility index (Phi) is 6.92. The number of esters is 1. The summed E-state index contributed by atoms with van der Waals surface area (Å²) < 4.78 is 6.39. The first-order chi connectivity index (χ1) is 14.8. The Morgan fingerprint density at radius 3 is 2.32 bits per heavy atom. The molecule has 0 aliphatic carbocycles. The highest BCUT2D eigenvalue weighted by atomic mass is 35.5. The van der Waals surface area contributed by atoms with Gasteiger partial charge in [-0.2, -0.15) is 0 Å². The van der Waals surface area contributed by atoms with Crippen LogP contribution in [0.15, 0.2) is 65.5 Å². The average Bonchev–Trinajstić information content (AvgIpc) is 2.78. The normalized spacial score (nSPS) is 11.6. The number of carbonyl (C=O) groups is 2. The minimum Gasteiger partial charge on any atom is -0.467 e. The molecule has 7 heteroatoms. The van der Waals surface area contributed by atoms with Crippen molar-refractivity contribution in [1.82, 2.24) is 9.88 Å². The molecule has 1 atom stereocenters. The van der Waals surface area contributed by atoms with Crippen LogP contribution in [0.25, 0.3) is 0 Å². The Morgan fingerprint density at radius 2 is 1.71 bits per heavy atom. The van der Waals surface area contributed by atoms with E-state index in [1.165, 1.54) is 7.11 Å². The number of aromatic nitrogens is 1. The largest absolute Gasteiger partial charge is 0.467 e. The van der Waals surface area contributed by atoms with Crippen LogP contribution in [0.4, 0.5) is 0 Å². The summed E-state index contributed by atoms with van der Waals surface area (Å²) in [6.45, 7) is 3.96. The van der Waals surface area contributed by atoms with Crippen LogP contribution < -0.4 is 10.9 Å². The Morgan fingerprint density at radius 1 is 1.06 bits per heavy atom. The molecule has 1 unspecified atom stereocenters. The predicted molar refractivity (Wildman–Crippen MR) is 119 cm³/mol. The van der Waals surface area contributed by atoms with Crippen molar-refractivity contribution >= 4 is 23.5 Å². The van der Waals surface area contributed by atoms with Crippen molar-refractivity contribution in [3.8, 4) is 0 Å². The quantitative estimate of drug-likeness (QED) is 0.593. The van der Waals surface area contributed by atoms with E-state index in [1.54, 1.807) is 53.1 Å². The fourth-order valence-electron chi connectivity index (χ4n) is 3.27. The van der Waals surface area contributed by atoms with Gasteiger partial charge in [-0.15, -0.1) is 0 Å². The van der Waals surface area contributed by atoms with Gasteiger partial charge in [0.2, 0.25) is 0 Å². The van der Waals surface area contributed by atoms with Gasteiger partial charge in [-0.3, -0.25) is 9.59 Å². The average molecular weight is 439 g/mol. The first-order valence-electron chi connectivity index (χ1n) is 9.71. The molecule has 1 heterocycles. The van der Waals surface area contributed by atoms with Gasteiger partial charge in [-0.25, -0.2) is 4.79 Å². The number of benzene rings is 2. The summed E-state index contributed by atoms with van der Waals surface area (Å²) >= 11 is 5.95. The van der Waals surface area contributed by atoms with E-state index in [4.69, 9.17) is 16.3 Å². The molecule has 0 saturated carbocycles. The van der Waals surface area contributed by atoms with Gasteiger partial charge in [0.05, 0.1) is 13.7 Å². The van der Waals surface area contributed by atoms with E-state index in [-0.39, 0.29) is 5.56 Å². The third-order valence-corrected chi connectivity index (χ3v) is 5.41. The fraction of sp³-hybridized carbons (Fsp3) is 0.208. The minimum absolute atomic E-state index is 0.0399. The number of rotatable bonds is 6. The highest BCUT2D eigenvalue weighted by Gasteiger charge is 2.26. The molecule has 0 fully saturated rings. The summed E-state index contributed by atoms with van der Waals surface area (Å²) in [7, 11) is 1.25. The number of nitrogens with zero attached hydrogens (tertiary/aromatic N) is 1. The first-order valence-corrected chi connectivity index (χ1v) is 10.1. The summed E-state index contributed by atoms with van der Waals surface area (Å²) in [5, 5.41) is 3.25. The van der Waals surface area contributed by atoms with E-state index in [1.807, 2.05) is 26.0 Å². The van der Waals surface area contributed by atoms with Crippen LogP contribution in [0, 0.1) is 13.8 Å². The lowest BCUT2D eigenvalue weighted by molar-refractivity contribution is -0.143. The zero-order chi connectivity index (χ0) is 22.5. The first kappa shape index (κ1) is 22.3. The number of hydrogen-bond acceptors (Lipinski definition) is 4. The van der Waals surface area contributed by atoms with E-state index < -0.39 is 23.5 Å². The van der Waals surface area contributed by atoms with Gasteiger partial charge in [0.1, 0.15) is 5.56 Å². The smallest absolute Gasteiger partial charge is 0.333 e. The summed E-state index contributed by atoms with van der Waals surface area (Å²) in [6.07, 6.45) is 0. The number of pyridine rings is 1. The molecule has 160 valence electrons. The number of amides is 1. The molecule has 0 aliphatic heterocycles. The Labute approximate surface area is 185 Å². The lowest BCUT2D eigenvalue weighted by Gasteiger charge is -2.18.